The highest BCUT2D eigenvalue weighted by atomic mass is 16.5. The quantitative estimate of drug-likeness (QED) is 0.795. The number of carbonyl (C=O) groups is 1. The molecule has 2 N–H and O–H groups in total. The Morgan fingerprint density at radius 1 is 1.11 bits per heavy atom. The lowest BCUT2D eigenvalue weighted by Gasteiger charge is -2.32. The lowest BCUT2D eigenvalue weighted by molar-refractivity contribution is -0.126. The number of hydrogen-bond acceptors (Lipinski definition) is 3. The zero-order chi connectivity index (χ0) is 13.4. The summed E-state index contributed by atoms with van der Waals surface area (Å²) < 4.78 is 5.82. The smallest absolute Gasteiger partial charge is 0.272 e. The van der Waals surface area contributed by atoms with Gasteiger partial charge in [-0.05, 0) is 12.1 Å². The van der Waals surface area contributed by atoms with Gasteiger partial charge in [0, 0.05) is 12.6 Å². The van der Waals surface area contributed by atoms with Gasteiger partial charge in [0.25, 0.3) is 5.91 Å². The van der Waals surface area contributed by atoms with E-state index in [0.717, 1.165) is 5.56 Å². The highest BCUT2D eigenvalue weighted by Crippen LogP contribution is 2.41. The summed E-state index contributed by atoms with van der Waals surface area (Å²) in [6.45, 7) is 0. The fraction of sp³-hybridized carbons (Fsp3) is 0.133. The van der Waals surface area contributed by atoms with Crippen LogP contribution in [-0.2, 0) is 4.79 Å². The van der Waals surface area contributed by atoms with Gasteiger partial charge in [0.1, 0.15) is 0 Å². The van der Waals surface area contributed by atoms with E-state index in [1.807, 2.05) is 42.5 Å². The molecule has 3 rings (SSSR count). The lowest BCUT2D eigenvalue weighted by atomic mass is 10.1. The molecule has 0 bridgehead atoms. The number of nitrogens with two attached hydrogens (primary N) is 1. The van der Waals surface area contributed by atoms with Crippen molar-refractivity contribution in [2.45, 2.75) is 6.10 Å². The standard InChI is InChI=1S/C15H14N2O2/c1-17-12-9-5-8-11(16)14(12)19-13(15(17)18)10-6-3-2-4-7-10/h2-9,13H,16H2,1H3. The second-order valence-corrected chi connectivity index (χ2v) is 4.50. The molecule has 0 radical (unpaired) electrons. The van der Waals surface area contributed by atoms with E-state index in [0.29, 0.717) is 17.1 Å². The highest BCUT2D eigenvalue weighted by Gasteiger charge is 2.34. The van der Waals surface area contributed by atoms with Gasteiger partial charge in [-0.25, -0.2) is 0 Å². The largest absolute Gasteiger partial charge is 0.471 e. The van der Waals surface area contributed by atoms with Gasteiger partial charge in [-0.1, -0.05) is 36.4 Å². The third-order valence-electron chi connectivity index (χ3n) is 3.28. The lowest BCUT2D eigenvalue weighted by Crippen LogP contribution is -2.38. The summed E-state index contributed by atoms with van der Waals surface area (Å²) in [5, 5.41) is 0. The number of amides is 1. The predicted octanol–water partition coefficient (Wildman–Crippen LogP) is 2.37. The Labute approximate surface area is 111 Å². The predicted molar refractivity (Wildman–Crippen MR) is 74.1 cm³/mol. The van der Waals surface area contributed by atoms with E-state index in [-0.39, 0.29) is 5.91 Å². The number of benzene rings is 2. The van der Waals surface area contributed by atoms with Gasteiger partial charge in [0.2, 0.25) is 6.10 Å². The molecule has 2 aromatic rings. The van der Waals surface area contributed by atoms with Crippen molar-refractivity contribution in [3.05, 3.63) is 54.1 Å². The van der Waals surface area contributed by atoms with Crippen molar-refractivity contribution in [1.29, 1.82) is 0 Å². The van der Waals surface area contributed by atoms with E-state index in [1.54, 1.807) is 18.0 Å². The van der Waals surface area contributed by atoms with E-state index < -0.39 is 6.10 Å². The van der Waals surface area contributed by atoms with Gasteiger partial charge in [0.05, 0.1) is 11.4 Å². The summed E-state index contributed by atoms with van der Waals surface area (Å²) in [5.74, 6) is 0.475. The molecule has 0 saturated carbocycles. The second kappa shape index (κ2) is 4.31. The van der Waals surface area contributed by atoms with Crippen molar-refractivity contribution in [2.75, 3.05) is 17.7 Å². The molecule has 0 fully saturated rings. The van der Waals surface area contributed by atoms with Gasteiger partial charge < -0.3 is 15.4 Å². The van der Waals surface area contributed by atoms with Gasteiger partial charge in [0.15, 0.2) is 5.75 Å². The maximum atomic E-state index is 12.4. The molecule has 1 aliphatic rings. The van der Waals surface area contributed by atoms with Crippen LogP contribution in [-0.4, -0.2) is 13.0 Å². The Kier molecular flexibility index (Phi) is 2.63. The first kappa shape index (κ1) is 11.6. The normalized spacial score (nSPS) is 17.8. The molecule has 0 saturated heterocycles. The number of carbonyl (C=O) groups excluding carboxylic acids is 1. The molecule has 19 heavy (non-hydrogen) atoms. The molecule has 1 atom stereocenters. The van der Waals surface area contributed by atoms with E-state index in [2.05, 4.69) is 0 Å². The minimum absolute atomic E-state index is 0.0932. The summed E-state index contributed by atoms with van der Waals surface area (Å²) in [6.07, 6.45) is -0.636. The van der Waals surface area contributed by atoms with Crippen LogP contribution in [0.15, 0.2) is 48.5 Å². The van der Waals surface area contributed by atoms with Crippen LogP contribution < -0.4 is 15.4 Å². The van der Waals surface area contributed by atoms with Crippen LogP contribution in [0.3, 0.4) is 0 Å². The molecular weight excluding hydrogens is 240 g/mol. The average molecular weight is 254 g/mol. The number of para-hydroxylation sites is 1. The zero-order valence-electron chi connectivity index (χ0n) is 10.5. The third-order valence-corrected chi connectivity index (χ3v) is 3.28. The van der Waals surface area contributed by atoms with E-state index in [4.69, 9.17) is 10.5 Å². The Morgan fingerprint density at radius 2 is 1.84 bits per heavy atom. The number of ether oxygens (including phenoxy) is 1. The van der Waals surface area contributed by atoms with E-state index in [1.165, 1.54) is 0 Å². The fourth-order valence-corrected chi connectivity index (χ4v) is 2.24. The number of fused-ring (bicyclic) bond motifs is 1. The van der Waals surface area contributed by atoms with Crippen molar-refractivity contribution in [2.24, 2.45) is 0 Å². The van der Waals surface area contributed by atoms with Crippen molar-refractivity contribution >= 4 is 17.3 Å². The molecular formula is C15H14N2O2. The van der Waals surface area contributed by atoms with Crippen LogP contribution in [0.25, 0.3) is 0 Å². The number of nitrogen functional groups attached to an aromatic ring is 1. The Balaban J connectivity index is 2.08. The first-order chi connectivity index (χ1) is 9.18. The number of anilines is 2. The first-order valence-electron chi connectivity index (χ1n) is 6.06. The molecule has 96 valence electrons. The minimum atomic E-state index is -0.636. The van der Waals surface area contributed by atoms with Crippen LogP contribution in [0, 0.1) is 0 Å². The first-order valence-corrected chi connectivity index (χ1v) is 6.06. The molecule has 4 nitrogen and oxygen atoms in total. The average Bonchev–Trinajstić information content (AvgIpc) is 2.44. The topological polar surface area (TPSA) is 55.6 Å². The van der Waals surface area contributed by atoms with Crippen LogP contribution in [0.2, 0.25) is 0 Å². The monoisotopic (exact) mass is 254 g/mol. The number of nitrogens with zero attached hydrogens (tertiary/aromatic N) is 1. The zero-order valence-corrected chi connectivity index (χ0v) is 10.5. The summed E-state index contributed by atoms with van der Waals surface area (Å²) >= 11 is 0. The van der Waals surface area contributed by atoms with Crippen molar-refractivity contribution in [3.63, 3.8) is 0 Å². The van der Waals surface area contributed by atoms with Gasteiger partial charge in [-0.2, -0.15) is 0 Å². The third kappa shape index (κ3) is 1.81. The SMILES string of the molecule is CN1C(=O)C(c2ccccc2)Oc2c(N)cccc21. The summed E-state index contributed by atoms with van der Waals surface area (Å²) in [4.78, 5) is 14.0. The molecule has 2 aromatic carbocycles. The molecule has 1 amide bonds. The molecule has 1 unspecified atom stereocenters. The van der Waals surface area contributed by atoms with Crippen LogP contribution >= 0.6 is 0 Å². The number of hydrogen-bond donors (Lipinski definition) is 1. The molecule has 0 aliphatic carbocycles. The number of rotatable bonds is 1. The Bertz CT molecular complexity index is 625. The fourth-order valence-electron chi connectivity index (χ4n) is 2.24. The maximum absolute atomic E-state index is 12.4. The molecule has 1 aliphatic heterocycles. The molecule has 4 heteroatoms. The Morgan fingerprint density at radius 3 is 2.58 bits per heavy atom. The van der Waals surface area contributed by atoms with Gasteiger partial charge in [-0.3, -0.25) is 4.79 Å². The van der Waals surface area contributed by atoms with Gasteiger partial charge in [-0.15, -0.1) is 0 Å². The number of likely N-dealkylation sites (N-methyl/N-ethyl adjacent to an activating group) is 1. The van der Waals surface area contributed by atoms with E-state index in [9.17, 15) is 4.79 Å². The summed E-state index contributed by atoms with van der Waals surface area (Å²) in [7, 11) is 1.74. The maximum Gasteiger partial charge on any atom is 0.272 e. The van der Waals surface area contributed by atoms with Crippen LogP contribution in [0.5, 0.6) is 5.75 Å². The molecule has 0 spiro atoms. The minimum Gasteiger partial charge on any atom is -0.471 e. The second-order valence-electron chi connectivity index (χ2n) is 4.50. The Hall–Kier alpha value is -2.49. The van der Waals surface area contributed by atoms with Crippen molar-refractivity contribution < 1.29 is 9.53 Å². The van der Waals surface area contributed by atoms with Gasteiger partial charge >= 0.3 is 0 Å². The summed E-state index contributed by atoms with van der Waals surface area (Å²) in [6, 6.07) is 14.8. The van der Waals surface area contributed by atoms with Crippen molar-refractivity contribution in [3.8, 4) is 5.75 Å². The van der Waals surface area contributed by atoms with Crippen molar-refractivity contribution in [1.82, 2.24) is 0 Å². The highest BCUT2D eigenvalue weighted by molar-refractivity contribution is 6.01. The molecule has 1 heterocycles. The molecule has 0 aromatic heterocycles. The van der Waals surface area contributed by atoms with E-state index >= 15 is 0 Å². The summed E-state index contributed by atoms with van der Waals surface area (Å²) in [5.41, 5.74) is 8.00. The van der Waals surface area contributed by atoms with Crippen LogP contribution in [0.4, 0.5) is 11.4 Å². The van der Waals surface area contributed by atoms with Crippen LogP contribution in [0.1, 0.15) is 11.7 Å².